The van der Waals surface area contributed by atoms with Gasteiger partial charge in [0.25, 0.3) is 5.91 Å². The molecule has 1 saturated heterocycles. The number of anilines is 1. The number of hydrogen-bond donors (Lipinski definition) is 3. The number of carbonyl (C=O) groups excluding carboxylic acids is 1. The number of aliphatic carboxylic acids is 1. The lowest BCUT2D eigenvalue weighted by Gasteiger charge is -2.47. The molecule has 2 atom stereocenters. The van der Waals surface area contributed by atoms with Gasteiger partial charge in [0.1, 0.15) is 17.5 Å². The van der Waals surface area contributed by atoms with Crippen molar-refractivity contribution < 1.29 is 28.2 Å². The number of aromatic nitrogens is 3. The Kier molecular flexibility index (Phi) is 7.04. The zero-order chi connectivity index (χ0) is 29.7. The topological polar surface area (TPSA) is 120 Å². The molecule has 3 aliphatic carbocycles. The molecule has 9 nitrogen and oxygen atoms in total. The second kappa shape index (κ2) is 11.0. The third-order valence-electron chi connectivity index (χ3n) is 9.22. The van der Waals surface area contributed by atoms with E-state index in [1.807, 2.05) is 0 Å². The van der Waals surface area contributed by atoms with E-state index in [4.69, 9.17) is 14.7 Å². The number of carboxylic acid groups (broad SMARTS) is 1. The summed E-state index contributed by atoms with van der Waals surface area (Å²) in [7, 11) is 0. The van der Waals surface area contributed by atoms with E-state index < -0.39 is 23.5 Å². The lowest BCUT2D eigenvalue weighted by molar-refractivity contribution is -0.148. The molecule has 43 heavy (non-hydrogen) atoms. The Morgan fingerprint density at radius 3 is 2.42 bits per heavy atom. The molecule has 222 valence electrons. The molecule has 8 rings (SSSR count). The van der Waals surface area contributed by atoms with Crippen LogP contribution >= 0.6 is 0 Å². The monoisotopic (exact) mass is 587 g/mol. The van der Waals surface area contributed by atoms with E-state index in [9.17, 15) is 23.5 Å². The zero-order valence-electron chi connectivity index (χ0n) is 23.4. The Balaban J connectivity index is 1.28. The average molecular weight is 588 g/mol. The predicted octanol–water partition coefficient (Wildman–Crippen LogP) is 5.34. The number of amides is 1. The maximum absolute atomic E-state index is 14.5. The molecular formula is C32H31F2N5O4. The van der Waals surface area contributed by atoms with Crippen LogP contribution in [-0.4, -0.2) is 69.2 Å². The molecule has 1 amide bonds. The van der Waals surface area contributed by atoms with Crippen LogP contribution in [0.5, 0.6) is 0 Å². The summed E-state index contributed by atoms with van der Waals surface area (Å²) in [6.45, 7) is 2.10. The van der Waals surface area contributed by atoms with Crippen LogP contribution in [0.25, 0.3) is 33.5 Å². The van der Waals surface area contributed by atoms with E-state index >= 15 is 0 Å². The van der Waals surface area contributed by atoms with Crippen molar-refractivity contribution in [3.63, 3.8) is 0 Å². The Labute approximate surface area is 246 Å². The number of benzene rings is 2. The minimum atomic E-state index is -0.815. The highest BCUT2D eigenvalue weighted by atomic mass is 19.1. The van der Waals surface area contributed by atoms with Gasteiger partial charge in [-0.25, -0.2) is 18.7 Å². The zero-order valence-corrected chi connectivity index (χ0v) is 23.4. The molecule has 0 radical (unpaired) electrons. The molecule has 2 aromatic heterocycles. The van der Waals surface area contributed by atoms with Gasteiger partial charge >= 0.3 is 5.97 Å². The van der Waals surface area contributed by atoms with Gasteiger partial charge in [0.15, 0.2) is 5.82 Å². The second-order valence-electron chi connectivity index (χ2n) is 11.7. The van der Waals surface area contributed by atoms with Gasteiger partial charge < -0.3 is 25.0 Å². The number of fused-ring (bicyclic) bond motifs is 4. The molecule has 4 fully saturated rings. The second-order valence-corrected chi connectivity index (χ2v) is 11.7. The number of nitrogens with zero attached hydrogens (tertiary/aromatic N) is 3. The number of carbonyl (C=O) groups is 2. The van der Waals surface area contributed by atoms with Crippen molar-refractivity contribution in [3.05, 3.63) is 65.9 Å². The van der Waals surface area contributed by atoms with Crippen LogP contribution < -0.4 is 5.32 Å². The third kappa shape index (κ3) is 5.11. The summed E-state index contributed by atoms with van der Waals surface area (Å²) in [6.07, 6.45) is 5.26. The van der Waals surface area contributed by atoms with E-state index in [1.165, 1.54) is 6.07 Å². The highest BCUT2D eigenvalue weighted by Crippen LogP contribution is 2.46. The van der Waals surface area contributed by atoms with E-state index in [0.717, 1.165) is 31.7 Å². The molecule has 4 aliphatic rings. The molecule has 3 heterocycles. The maximum atomic E-state index is 14.5. The first kappa shape index (κ1) is 27.5. The minimum absolute atomic E-state index is 0.0736. The summed E-state index contributed by atoms with van der Waals surface area (Å²) in [5, 5.41) is 13.8. The molecule has 0 spiro atoms. The standard InChI is InChI=1S/C32H31F2N5O4/c33-21-13-22-23(16-35-29(22)24(34)14-21)30-36-25(17-1-7-20(8-2-17)31(40)39-9-11-43-12-10-39)15-26(38-30)37-28-19-5-3-18(4-6-19)27(28)32(41)42/h1-2,7-8,13-16,18-19,27-28,35H,3-6,9-12H2,(H,41,42)(H,36,37,38)/t18?,19?,27-,28-/m1/s1. The fraction of sp³-hybridized carbons (Fsp3) is 0.375. The first-order valence-electron chi connectivity index (χ1n) is 14.7. The maximum Gasteiger partial charge on any atom is 0.308 e. The van der Waals surface area contributed by atoms with Crippen molar-refractivity contribution in [1.29, 1.82) is 0 Å². The predicted molar refractivity (Wildman–Crippen MR) is 155 cm³/mol. The Morgan fingerprint density at radius 1 is 0.977 bits per heavy atom. The molecule has 11 heteroatoms. The third-order valence-corrected chi connectivity index (χ3v) is 9.22. The van der Waals surface area contributed by atoms with Gasteiger partial charge in [-0.2, -0.15) is 0 Å². The summed E-state index contributed by atoms with van der Waals surface area (Å²) < 4.78 is 34.1. The number of H-pyrrole nitrogens is 1. The number of carboxylic acids is 1. The van der Waals surface area contributed by atoms with E-state index in [1.54, 1.807) is 41.4 Å². The van der Waals surface area contributed by atoms with Crippen LogP contribution in [-0.2, 0) is 9.53 Å². The molecule has 2 aromatic carbocycles. The largest absolute Gasteiger partial charge is 0.481 e. The van der Waals surface area contributed by atoms with Crippen molar-refractivity contribution in [2.45, 2.75) is 31.7 Å². The highest BCUT2D eigenvalue weighted by Gasteiger charge is 2.47. The summed E-state index contributed by atoms with van der Waals surface area (Å²) in [6, 6.07) is 10.6. The van der Waals surface area contributed by atoms with Gasteiger partial charge in [-0.1, -0.05) is 12.1 Å². The van der Waals surface area contributed by atoms with Gasteiger partial charge in [-0.05, 0) is 55.7 Å². The van der Waals surface area contributed by atoms with Crippen molar-refractivity contribution >= 4 is 28.6 Å². The molecule has 1 aliphatic heterocycles. The van der Waals surface area contributed by atoms with Crippen LogP contribution in [0.3, 0.4) is 0 Å². The highest BCUT2D eigenvalue weighted by molar-refractivity contribution is 5.96. The van der Waals surface area contributed by atoms with Crippen LogP contribution in [0.1, 0.15) is 36.0 Å². The lowest BCUT2D eigenvalue weighted by atomic mass is 9.61. The normalized spacial score (nSPS) is 23.4. The number of morpholine rings is 1. The number of aromatic amines is 1. The number of ether oxygens (including phenoxy) is 1. The molecular weight excluding hydrogens is 556 g/mol. The summed E-state index contributed by atoms with van der Waals surface area (Å²) in [4.78, 5) is 39.4. The van der Waals surface area contributed by atoms with Crippen molar-refractivity contribution in [1.82, 2.24) is 19.9 Å². The minimum Gasteiger partial charge on any atom is -0.481 e. The molecule has 2 bridgehead atoms. The van der Waals surface area contributed by atoms with Crippen LogP contribution in [0.2, 0.25) is 0 Å². The Bertz CT molecular complexity index is 1690. The smallest absolute Gasteiger partial charge is 0.308 e. The van der Waals surface area contributed by atoms with Gasteiger partial charge in [-0.3, -0.25) is 9.59 Å². The SMILES string of the molecule is O=C(O)[C@@H]1C2CCC(CC2)[C@H]1Nc1cc(-c2ccc(C(=O)N3CCOCC3)cc2)nc(-c2c[nH]c3c(F)cc(F)cc23)n1. The van der Waals surface area contributed by atoms with Crippen molar-refractivity contribution in [2.24, 2.45) is 17.8 Å². The first-order chi connectivity index (χ1) is 20.9. The Morgan fingerprint density at radius 2 is 1.70 bits per heavy atom. The van der Waals surface area contributed by atoms with E-state index in [2.05, 4.69) is 10.3 Å². The summed E-state index contributed by atoms with van der Waals surface area (Å²) in [5.74, 6) is -1.88. The van der Waals surface area contributed by atoms with E-state index in [0.29, 0.717) is 59.9 Å². The fourth-order valence-electron chi connectivity index (χ4n) is 7.05. The van der Waals surface area contributed by atoms with Gasteiger partial charge in [0, 0.05) is 59.5 Å². The quantitative estimate of drug-likeness (QED) is 0.278. The number of hydrogen-bond acceptors (Lipinski definition) is 6. The Hall–Kier alpha value is -4.38. The summed E-state index contributed by atoms with van der Waals surface area (Å²) >= 11 is 0. The fourth-order valence-corrected chi connectivity index (χ4v) is 7.05. The van der Waals surface area contributed by atoms with Crippen molar-refractivity contribution in [3.8, 4) is 22.6 Å². The number of nitrogens with one attached hydrogen (secondary N) is 2. The van der Waals surface area contributed by atoms with Crippen LogP contribution in [0.4, 0.5) is 14.6 Å². The van der Waals surface area contributed by atoms with E-state index in [-0.39, 0.29) is 35.1 Å². The van der Waals surface area contributed by atoms with Crippen LogP contribution in [0, 0.1) is 29.4 Å². The van der Waals surface area contributed by atoms with Crippen molar-refractivity contribution in [2.75, 3.05) is 31.6 Å². The molecule has 4 aromatic rings. The van der Waals surface area contributed by atoms with Gasteiger partial charge in [0.2, 0.25) is 0 Å². The molecule has 3 N–H and O–H groups in total. The average Bonchev–Trinajstić information content (AvgIpc) is 3.46. The summed E-state index contributed by atoms with van der Waals surface area (Å²) in [5.41, 5.74) is 2.33. The first-order valence-corrected chi connectivity index (χ1v) is 14.7. The van der Waals surface area contributed by atoms with Gasteiger partial charge in [-0.15, -0.1) is 0 Å². The van der Waals surface area contributed by atoms with Gasteiger partial charge in [0.05, 0.1) is 30.3 Å². The lowest BCUT2D eigenvalue weighted by Crippen LogP contribution is -2.51. The van der Waals surface area contributed by atoms with Crippen LogP contribution in [0.15, 0.2) is 48.7 Å². The number of rotatable bonds is 6. The molecule has 0 unspecified atom stereocenters. The number of halogens is 2. The molecule has 3 saturated carbocycles.